The Balaban J connectivity index is 1.75. The number of aryl methyl sites for hydroxylation is 1. The van der Waals surface area contributed by atoms with Gasteiger partial charge in [-0.05, 0) is 44.2 Å². The number of piperidine rings is 1. The molecule has 1 atom stereocenters. The second-order valence-electron chi connectivity index (χ2n) is 5.66. The van der Waals surface area contributed by atoms with E-state index in [0.717, 1.165) is 51.1 Å². The summed E-state index contributed by atoms with van der Waals surface area (Å²) < 4.78 is 5.67. The zero-order chi connectivity index (χ0) is 14.4. The molecule has 1 aliphatic rings. The summed E-state index contributed by atoms with van der Waals surface area (Å²) in [7, 11) is 0. The number of hydrogen-bond donors (Lipinski definition) is 1. The molecule has 0 saturated carbocycles. The lowest BCUT2D eigenvalue weighted by Crippen LogP contribution is -2.38. The smallest absolute Gasteiger partial charge is 0.0804 e. The lowest BCUT2D eigenvalue weighted by atomic mass is 10.0. The molecule has 1 fully saturated rings. The second-order valence-corrected chi connectivity index (χ2v) is 5.66. The predicted octanol–water partition coefficient (Wildman–Crippen LogP) is 2.92. The Kier molecular flexibility index (Phi) is 6.02. The molecule has 0 bridgehead atoms. The van der Waals surface area contributed by atoms with E-state index in [1.54, 1.807) is 0 Å². The quantitative estimate of drug-likeness (QED) is 0.868. The highest BCUT2D eigenvalue weighted by Crippen LogP contribution is 2.21. The zero-order valence-electron chi connectivity index (χ0n) is 12.7. The van der Waals surface area contributed by atoms with Crippen LogP contribution in [0.3, 0.4) is 0 Å². The molecular formula is C17H27NO2. The number of likely N-dealkylation sites (tertiary alicyclic amines) is 1. The lowest BCUT2D eigenvalue weighted by Gasteiger charge is -2.32. The van der Waals surface area contributed by atoms with Gasteiger partial charge in [0.15, 0.2) is 0 Å². The SMILES string of the molecule is CCOC1CCN(CCC(O)c2ccccc2C)CC1. The molecule has 0 spiro atoms. The third-order valence-electron chi connectivity index (χ3n) is 4.20. The van der Waals surface area contributed by atoms with Crippen LogP contribution in [-0.4, -0.2) is 42.4 Å². The van der Waals surface area contributed by atoms with Crippen LogP contribution < -0.4 is 0 Å². The number of rotatable bonds is 6. The summed E-state index contributed by atoms with van der Waals surface area (Å²) in [5.74, 6) is 0. The van der Waals surface area contributed by atoms with Crippen LogP contribution in [0.15, 0.2) is 24.3 Å². The summed E-state index contributed by atoms with van der Waals surface area (Å²) in [4.78, 5) is 2.44. The normalized spacial score (nSPS) is 19.1. The molecule has 1 heterocycles. The first-order valence-electron chi connectivity index (χ1n) is 7.78. The molecule has 0 aliphatic carbocycles. The molecule has 1 N–H and O–H groups in total. The number of benzene rings is 1. The van der Waals surface area contributed by atoms with E-state index in [-0.39, 0.29) is 6.10 Å². The van der Waals surface area contributed by atoms with Gasteiger partial charge < -0.3 is 14.7 Å². The fourth-order valence-corrected chi connectivity index (χ4v) is 2.96. The van der Waals surface area contributed by atoms with Crippen LogP contribution in [0.2, 0.25) is 0 Å². The Morgan fingerprint density at radius 3 is 2.65 bits per heavy atom. The summed E-state index contributed by atoms with van der Waals surface area (Å²) >= 11 is 0. The van der Waals surface area contributed by atoms with Gasteiger partial charge >= 0.3 is 0 Å². The Bertz CT molecular complexity index is 400. The molecule has 3 nitrogen and oxygen atoms in total. The van der Waals surface area contributed by atoms with E-state index in [9.17, 15) is 5.11 Å². The van der Waals surface area contributed by atoms with E-state index in [2.05, 4.69) is 24.8 Å². The van der Waals surface area contributed by atoms with E-state index in [1.165, 1.54) is 5.56 Å². The van der Waals surface area contributed by atoms with Crippen molar-refractivity contribution in [2.75, 3.05) is 26.2 Å². The third kappa shape index (κ3) is 4.30. The van der Waals surface area contributed by atoms with Crippen molar-refractivity contribution in [2.45, 2.75) is 45.3 Å². The molecule has 1 aliphatic heterocycles. The van der Waals surface area contributed by atoms with Crippen molar-refractivity contribution in [2.24, 2.45) is 0 Å². The largest absolute Gasteiger partial charge is 0.388 e. The number of hydrogen-bond acceptors (Lipinski definition) is 3. The van der Waals surface area contributed by atoms with Gasteiger partial charge in [-0.25, -0.2) is 0 Å². The molecule has 1 aromatic rings. The van der Waals surface area contributed by atoms with Crippen LogP contribution in [0.25, 0.3) is 0 Å². The van der Waals surface area contributed by atoms with E-state index >= 15 is 0 Å². The monoisotopic (exact) mass is 277 g/mol. The van der Waals surface area contributed by atoms with Gasteiger partial charge in [0.2, 0.25) is 0 Å². The van der Waals surface area contributed by atoms with Crippen molar-refractivity contribution in [3.63, 3.8) is 0 Å². The van der Waals surface area contributed by atoms with Gasteiger partial charge in [0.1, 0.15) is 0 Å². The highest BCUT2D eigenvalue weighted by Gasteiger charge is 2.20. The maximum Gasteiger partial charge on any atom is 0.0804 e. The maximum absolute atomic E-state index is 10.3. The Hall–Kier alpha value is -0.900. The van der Waals surface area contributed by atoms with Crippen molar-refractivity contribution >= 4 is 0 Å². The standard InChI is InChI=1S/C17H27NO2/c1-3-20-15-8-11-18(12-9-15)13-10-17(19)16-7-5-4-6-14(16)2/h4-7,15,17,19H,3,8-13H2,1-2H3. The van der Waals surface area contributed by atoms with E-state index < -0.39 is 0 Å². The lowest BCUT2D eigenvalue weighted by molar-refractivity contribution is 0.0112. The number of aliphatic hydroxyl groups is 1. The first kappa shape index (κ1) is 15.5. The summed E-state index contributed by atoms with van der Waals surface area (Å²) in [6, 6.07) is 8.11. The van der Waals surface area contributed by atoms with Gasteiger partial charge in [0, 0.05) is 26.2 Å². The van der Waals surface area contributed by atoms with Crippen LogP contribution in [0.4, 0.5) is 0 Å². The summed E-state index contributed by atoms with van der Waals surface area (Å²) in [5, 5.41) is 10.3. The van der Waals surface area contributed by atoms with E-state index in [0.29, 0.717) is 6.10 Å². The van der Waals surface area contributed by atoms with Gasteiger partial charge in [-0.2, -0.15) is 0 Å². The first-order chi connectivity index (χ1) is 9.70. The molecule has 0 amide bonds. The fraction of sp³-hybridized carbons (Fsp3) is 0.647. The number of ether oxygens (including phenoxy) is 1. The van der Waals surface area contributed by atoms with E-state index in [1.807, 2.05) is 18.2 Å². The van der Waals surface area contributed by atoms with Crippen molar-refractivity contribution < 1.29 is 9.84 Å². The van der Waals surface area contributed by atoms with E-state index in [4.69, 9.17) is 4.74 Å². The van der Waals surface area contributed by atoms with Crippen LogP contribution in [-0.2, 0) is 4.74 Å². The molecule has 0 radical (unpaired) electrons. The highest BCUT2D eigenvalue weighted by atomic mass is 16.5. The Morgan fingerprint density at radius 2 is 2.00 bits per heavy atom. The fourth-order valence-electron chi connectivity index (χ4n) is 2.96. The van der Waals surface area contributed by atoms with Crippen LogP contribution >= 0.6 is 0 Å². The minimum Gasteiger partial charge on any atom is -0.388 e. The average Bonchev–Trinajstić information content (AvgIpc) is 2.47. The molecule has 20 heavy (non-hydrogen) atoms. The van der Waals surface area contributed by atoms with Crippen molar-refractivity contribution in [1.29, 1.82) is 0 Å². The van der Waals surface area contributed by atoms with Crippen LogP contribution in [0.1, 0.15) is 43.4 Å². The predicted molar refractivity (Wildman–Crippen MR) is 81.8 cm³/mol. The molecule has 2 rings (SSSR count). The van der Waals surface area contributed by atoms with Crippen LogP contribution in [0.5, 0.6) is 0 Å². The molecule has 0 aromatic heterocycles. The van der Waals surface area contributed by atoms with Gasteiger partial charge in [-0.15, -0.1) is 0 Å². The Labute approximate surface area is 122 Å². The minimum absolute atomic E-state index is 0.346. The zero-order valence-corrected chi connectivity index (χ0v) is 12.7. The van der Waals surface area contributed by atoms with Crippen LogP contribution in [0, 0.1) is 6.92 Å². The number of aliphatic hydroxyl groups excluding tert-OH is 1. The maximum atomic E-state index is 10.3. The minimum atomic E-state index is -0.346. The van der Waals surface area contributed by atoms with Crippen molar-refractivity contribution in [1.82, 2.24) is 4.90 Å². The van der Waals surface area contributed by atoms with Crippen molar-refractivity contribution in [3.8, 4) is 0 Å². The van der Waals surface area contributed by atoms with Gasteiger partial charge in [0.05, 0.1) is 12.2 Å². The molecule has 3 heteroatoms. The summed E-state index contributed by atoms with van der Waals surface area (Å²) in [6.45, 7) is 8.08. The van der Waals surface area contributed by atoms with Gasteiger partial charge in [-0.3, -0.25) is 0 Å². The Morgan fingerprint density at radius 1 is 1.30 bits per heavy atom. The number of nitrogens with zero attached hydrogens (tertiary/aromatic N) is 1. The summed E-state index contributed by atoms with van der Waals surface area (Å²) in [6.07, 6.45) is 3.14. The third-order valence-corrected chi connectivity index (χ3v) is 4.20. The molecular weight excluding hydrogens is 250 g/mol. The molecule has 112 valence electrons. The molecule has 1 aromatic carbocycles. The summed E-state index contributed by atoms with van der Waals surface area (Å²) in [5.41, 5.74) is 2.24. The molecule has 1 unspecified atom stereocenters. The average molecular weight is 277 g/mol. The van der Waals surface area contributed by atoms with Gasteiger partial charge in [-0.1, -0.05) is 24.3 Å². The van der Waals surface area contributed by atoms with Crippen molar-refractivity contribution in [3.05, 3.63) is 35.4 Å². The highest BCUT2D eigenvalue weighted by molar-refractivity contribution is 5.27. The topological polar surface area (TPSA) is 32.7 Å². The second kappa shape index (κ2) is 7.77. The first-order valence-corrected chi connectivity index (χ1v) is 7.78. The van der Waals surface area contributed by atoms with Gasteiger partial charge in [0.25, 0.3) is 0 Å². The molecule has 1 saturated heterocycles.